The summed E-state index contributed by atoms with van der Waals surface area (Å²) in [5.41, 5.74) is 0. The minimum atomic E-state index is -2.33. The van der Waals surface area contributed by atoms with Gasteiger partial charge in [-0.2, -0.15) is 94.1 Å². The second-order valence-electron chi connectivity index (χ2n) is 30.7. The summed E-state index contributed by atoms with van der Waals surface area (Å²) in [6.07, 6.45) is -85.9. The van der Waals surface area contributed by atoms with E-state index in [4.69, 9.17) is 75.8 Å². The molecule has 0 aliphatic carbocycles. The van der Waals surface area contributed by atoms with Crippen LogP contribution < -0.4 is 0 Å². The minimum Gasteiger partial charge on any atom is -0.481 e. The molecule has 24 N–H and O–H groups in total. The predicted octanol–water partition coefficient (Wildman–Crippen LogP) is -10.7. The fourth-order valence-electron chi connectivity index (χ4n) is 14.7. The normalized spacial score (nSPS) is 39.1. The summed E-state index contributed by atoms with van der Waals surface area (Å²) in [5.74, 6) is -14.4. The first-order valence-corrected chi connectivity index (χ1v) is 49.7. The molecule has 64 heteroatoms. The van der Waals surface area contributed by atoms with Crippen molar-refractivity contribution < 1.29 is 237 Å². The van der Waals surface area contributed by atoms with Gasteiger partial charge in [0.1, 0.15) is 146 Å². The summed E-state index contributed by atoms with van der Waals surface area (Å²) in [6.45, 7) is 0. The van der Waals surface area contributed by atoms with Crippen molar-refractivity contribution in [2.24, 2.45) is 0 Å². The first-order valence-electron chi connectivity index (χ1n) is 40.5. The van der Waals surface area contributed by atoms with Gasteiger partial charge in [0.05, 0.1) is 100 Å². The summed E-state index contributed by atoms with van der Waals surface area (Å²) >= 11 is 7.04. The van der Waals surface area contributed by atoms with Crippen LogP contribution in [-0.2, 0) is 114 Å². The molecule has 30 aliphatic heterocycles. The second kappa shape index (κ2) is 69.9. The van der Waals surface area contributed by atoms with Gasteiger partial charge in [0.2, 0.25) is 0 Å². The summed E-state index contributed by atoms with van der Waals surface area (Å²) < 4.78 is 100. The molecule has 136 heavy (non-hydrogen) atoms. The molecule has 16 bridgehead atoms. The van der Waals surface area contributed by atoms with Crippen LogP contribution in [0.5, 0.6) is 0 Å². The second-order valence-corrected chi connectivity index (χ2v) is 39.9. The van der Waals surface area contributed by atoms with Crippen molar-refractivity contribution in [3.63, 3.8) is 0 Å². The van der Waals surface area contributed by atoms with Crippen LogP contribution in [0.4, 0.5) is 0 Å². The minimum absolute atomic E-state index is 0. The first-order chi connectivity index (χ1) is 60.7. The molecule has 0 aromatic carbocycles. The van der Waals surface area contributed by atoms with Gasteiger partial charge in [0, 0.05) is 329 Å². The zero-order chi connectivity index (χ0) is 93.7. The molecule has 30 fully saturated rings. The SMILES string of the molecule is O=C(O)CCSC[C@H]1O[C@@H]2O[C@H]3[C@H](O)[C@@H](O)[C@@H](O[C@H]4[C@H](O)[C@@H](O)[C@@H](O[C@H]5[C@H](O)[C@@H](O)[C@@H](O[C@H]6[C@H](O)[C@@H](O)[C@@H](O[C@H]7[C@H](O)[C@@H](O)[C@@H](O[C@H]8[C@H](O)[C@@H](O)[C@@H](O[C@H]9[C@H](O)[C@@H](O)[C@@H](O[C@H]1[C@H](O)[C@H]2O)O[C@@H]9CSCCC(=O)O)O[C@@H]8CSCCC(=O)O)O[C@@H]7CSCCC(=O)O)O[C@@H]6CSCCC(=O)O)O[C@@H]5CSCCC(=O)O)O[C@@H]4CSCCC(=O)O)O[C@@H]3CSCCC(=O)O.[Na].[Na].[Na].[Na].[Na].[Na].[Na].[Na]. The van der Waals surface area contributed by atoms with Gasteiger partial charge in [-0.3, -0.25) is 38.4 Å². The molecule has 30 saturated heterocycles. The van der Waals surface area contributed by atoms with Crippen molar-refractivity contribution in [1.82, 2.24) is 0 Å². The number of rotatable bonds is 40. The molecule has 40 atom stereocenters. The Labute approximate surface area is 990 Å². The van der Waals surface area contributed by atoms with Crippen molar-refractivity contribution in [3.05, 3.63) is 0 Å². The molecule has 30 rings (SSSR count). The van der Waals surface area contributed by atoms with E-state index in [1.807, 2.05) is 0 Å². The van der Waals surface area contributed by atoms with E-state index in [1.165, 1.54) is 0 Å². The van der Waals surface area contributed by atoms with E-state index in [0.717, 1.165) is 94.1 Å². The van der Waals surface area contributed by atoms with Crippen LogP contribution in [0.1, 0.15) is 51.4 Å². The van der Waals surface area contributed by atoms with Gasteiger partial charge in [-0.25, -0.2) is 0 Å². The Morgan fingerprint density at radius 1 is 0.154 bits per heavy atom. The molecule has 48 nitrogen and oxygen atoms in total. The van der Waals surface area contributed by atoms with Crippen LogP contribution in [0, 0.1) is 0 Å². The molecule has 0 aromatic heterocycles. The number of hydrogen-bond donors (Lipinski definition) is 24. The molecule has 0 unspecified atom stereocenters. The third-order valence-corrected chi connectivity index (χ3v) is 29.9. The molecule has 0 spiro atoms. The van der Waals surface area contributed by atoms with E-state index in [1.54, 1.807) is 0 Å². The largest absolute Gasteiger partial charge is 0.481 e. The number of aliphatic hydroxyl groups excluding tert-OH is 16. The van der Waals surface area contributed by atoms with Gasteiger partial charge in [0.15, 0.2) is 50.3 Å². The zero-order valence-electron chi connectivity index (χ0n) is 75.9. The first kappa shape index (κ1) is 139. The van der Waals surface area contributed by atoms with E-state index in [2.05, 4.69) is 0 Å². The number of hydrogen-bond acceptors (Lipinski definition) is 48. The van der Waals surface area contributed by atoms with Crippen LogP contribution in [0.2, 0.25) is 0 Å². The van der Waals surface area contributed by atoms with Crippen LogP contribution in [0.15, 0.2) is 0 Å². The Morgan fingerprint density at radius 3 is 0.324 bits per heavy atom. The van der Waals surface area contributed by atoms with Crippen molar-refractivity contribution in [1.29, 1.82) is 0 Å². The molecular formula is C72H112Na8O48S8. The van der Waals surface area contributed by atoms with Crippen molar-refractivity contribution >= 4 is 378 Å². The molecule has 0 aromatic rings. The standard InChI is InChI=1S/C72H112O48S8.8Na/c73-33(74)1-9-121-17-25-57-41(89)49(97)65(105-25)114-58-26(18-122-10-2-34(75)76)107-67(51(99)43(58)91)116-60-28(20-124-12-4-36(79)80)109-69(53(101)45(60)93)118-62-30(22-126-14-6-38(83)84)111-71(55(103)47(62)95)120-64-32(24-128-16-8-40(87)88)112-72(56(104)48(64)96)119-63-31(23-127-15-7-39(85)86)110-70(54(102)46(63)94)117-61-29(21-125-13-5-37(81)82)108-68(52(100)44(61)92)115-59-27(19-123-11-3-35(77)78)106-66(113-57)50(98)42(59)90;;;;;;;;/h25-32,41-72,89-104H,1-24H2,(H,73,74)(H,75,76)(H,77,78)(H,79,80)(H,81,82)(H,83,84)(H,85,86)(H,87,88);;;;;;;;/t25-,26-,27-,28-,29-,30-,31-,32-,41-,42-,43-,44-,45-,46-,47-,48-,49-,50-,51-,52-,53-,54-,55-,56-,57-,58-,59-,60-,61-,62-,63-,64-,65-,66-,67-,68-,69-,70-,71-,72-;;;;;;;;/m1......../s1. The van der Waals surface area contributed by atoms with Gasteiger partial charge < -0.3 is 198 Å². The number of thioether (sulfide) groups is 8. The van der Waals surface area contributed by atoms with Gasteiger partial charge in [-0.05, 0) is 0 Å². The number of carbonyl (C=O) groups is 8. The molecule has 30 heterocycles. The van der Waals surface area contributed by atoms with Crippen molar-refractivity contribution in [2.45, 2.75) is 297 Å². The monoisotopic (exact) mass is 2180 g/mol. The average Bonchev–Trinajstić information content (AvgIpc) is 0.802. The van der Waals surface area contributed by atoms with E-state index in [0.29, 0.717) is 0 Å². The molecule has 30 aliphatic rings. The molecule has 744 valence electrons. The van der Waals surface area contributed by atoms with Crippen LogP contribution in [0.25, 0.3) is 0 Å². The molecule has 0 amide bonds. The maximum absolute atomic E-state index is 12.3. The zero-order valence-corrected chi connectivity index (χ0v) is 98.4. The molecule has 8 radical (unpaired) electrons. The maximum Gasteiger partial charge on any atom is 0.304 e. The molecular weight excluding hydrogens is 2070 g/mol. The Balaban J connectivity index is 0.0000116. The van der Waals surface area contributed by atoms with Crippen LogP contribution in [0.3, 0.4) is 0 Å². The number of carboxylic acid groups (broad SMARTS) is 8. The van der Waals surface area contributed by atoms with E-state index < -0.39 is 345 Å². The Kier molecular flexibility index (Phi) is 71.6. The van der Waals surface area contributed by atoms with E-state index >= 15 is 0 Å². The Bertz CT molecular complexity index is 2870. The third kappa shape index (κ3) is 41.5. The maximum atomic E-state index is 12.3. The Morgan fingerprint density at radius 2 is 0.243 bits per heavy atom. The Hall–Kier alpha value is 5.28. The third-order valence-electron chi connectivity index (χ3n) is 21.4. The summed E-state index contributed by atoms with van der Waals surface area (Å²) in [4.78, 5) is 94.3. The quantitative estimate of drug-likeness (QED) is 0.0200. The smallest absolute Gasteiger partial charge is 0.304 e. The van der Waals surface area contributed by atoms with Crippen LogP contribution >= 0.6 is 94.1 Å². The summed E-state index contributed by atoms with van der Waals surface area (Å²) in [6, 6.07) is 0. The van der Waals surface area contributed by atoms with Crippen molar-refractivity contribution in [3.8, 4) is 0 Å². The van der Waals surface area contributed by atoms with Crippen molar-refractivity contribution in [2.75, 3.05) is 92.0 Å². The average molecular weight is 2190 g/mol. The number of ether oxygens (including phenoxy) is 16. The number of aliphatic hydroxyl groups is 16. The van der Waals surface area contributed by atoms with Gasteiger partial charge in [0.25, 0.3) is 0 Å². The molecule has 0 saturated carbocycles. The van der Waals surface area contributed by atoms with Gasteiger partial charge in [-0.1, -0.05) is 0 Å². The topological polar surface area (TPSA) is 770 Å². The predicted molar refractivity (Wildman–Crippen MR) is 487 cm³/mol. The summed E-state index contributed by atoms with van der Waals surface area (Å²) in [5, 5.41) is 272. The summed E-state index contributed by atoms with van der Waals surface area (Å²) in [7, 11) is 0. The number of aliphatic carboxylic acids is 8. The fraction of sp³-hybridized carbons (Fsp3) is 0.889. The van der Waals surface area contributed by atoms with E-state index in [9.17, 15) is 161 Å². The van der Waals surface area contributed by atoms with Gasteiger partial charge >= 0.3 is 47.8 Å². The number of carboxylic acids is 8. The van der Waals surface area contributed by atoms with E-state index in [-0.39, 0.29) is 329 Å². The van der Waals surface area contributed by atoms with Crippen LogP contribution in [-0.4, -0.2) is 744 Å². The fourth-order valence-corrected chi connectivity index (χ4v) is 22.6. The van der Waals surface area contributed by atoms with Gasteiger partial charge in [-0.15, -0.1) is 0 Å².